The number of hydrogen-bond donors (Lipinski definition) is 0. The topological polar surface area (TPSA) is 59.5 Å². The van der Waals surface area contributed by atoms with Crippen molar-refractivity contribution in [2.24, 2.45) is 5.92 Å². The third-order valence-corrected chi connectivity index (χ3v) is 4.14. The van der Waals surface area contributed by atoms with Crippen LogP contribution < -0.4 is 0 Å². The number of para-hydroxylation sites is 1. The van der Waals surface area contributed by atoms with Crippen LogP contribution in [0.2, 0.25) is 0 Å². The Kier molecular flexibility index (Phi) is 4.55. The molecule has 2 heterocycles. The lowest BCUT2D eigenvalue weighted by atomic mass is 10.0. The molecule has 5 nitrogen and oxygen atoms in total. The van der Waals surface area contributed by atoms with Gasteiger partial charge in [0.25, 0.3) is 5.91 Å². The molecule has 1 aromatic carbocycles. The monoisotopic (exact) mass is 312 g/mol. The fourth-order valence-corrected chi connectivity index (χ4v) is 2.89. The maximum Gasteiger partial charge on any atom is 0.357 e. The van der Waals surface area contributed by atoms with Gasteiger partial charge in [0.15, 0.2) is 6.61 Å². The Morgan fingerprint density at radius 3 is 2.91 bits per heavy atom. The molecule has 0 unspecified atom stereocenters. The largest absolute Gasteiger partial charge is 0.451 e. The number of carbonyl (C=O) groups is 2. The molecule has 1 saturated heterocycles. The highest BCUT2D eigenvalue weighted by Crippen LogP contribution is 2.16. The molecule has 0 saturated carbocycles. The van der Waals surface area contributed by atoms with Gasteiger partial charge < -0.3 is 9.64 Å². The Morgan fingerprint density at radius 1 is 1.26 bits per heavy atom. The van der Waals surface area contributed by atoms with Crippen LogP contribution in [0.25, 0.3) is 10.9 Å². The summed E-state index contributed by atoms with van der Waals surface area (Å²) < 4.78 is 5.13. The zero-order chi connectivity index (χ0) is 16.2. The molecule has 1 fully saturated rings. The number of pyridine rings is 1. The van der Waals surface area contributed by atoms with Gasteiger partial charge in [0.1, 0.15) is 5.69 Å². The van der Waals surface area contributed by atoms with Gasteiger partial charge in [-0.2, -0.15) is 0 Å². The zero-order valence-corrected chi connectivity index (χ0v) is 13.2. The average Bonchev–Trinajstić information content (AvgIpc) is 2.59. The second-order valence-corrected chi connectivity index (χ2v) is 6.05. The molecule has 120 valence electrons. The normalized spacial score (nSPS) is 18.0. The maximum absolute atomic E-state index is 12.1. The van der Waals surface area contributed by atoms with Gasteiger partial charge in [-0.1, -0.05) is 31.2 Å². The van der Waals surface area contributed by atoms with E-state index >= 15 is 0 Å². The SMILES string of the molecule is C[C@H]1CCCN(C(=O)COC(=O)c2ccc3ccccc3n2)C1. The van der Waals surface area contributed by atoms with Crippen LogP contribution in [-0.2, 0) is 9.53 Å². The number of carbonyl (C=O) groups excluding carboxylic acids is 2. The predicted molar refractivity (Wildman–Crippen MR) is 87.0 cm³/mol. The first-order valence-corrected chi connectivity index (χ1v) is 7.94. The highest BCUT2D eigenvalue weighted by atomic mass is 16.5. The first kappa shape index (κ1) is 15.5. The van der Waals surface area contributed by atoms with Crippen LogP contribution in [0.5, 0.6) is 0 Å². The van der Waals surface area contributed by atoms with Crippen molar-refractivity contribution in [1.82, 2.24) is 9.88 Å². The van der Waals surface area contributed by atoms with E-state index in [1.165, 1.54) is 0 Å². The first-order chi connectivity index (χ1) is 11.1. The molecule has 1 aliphatic rings. The molecule has 0 bridgehead atoms. The number of fused-ring (bicyclic) bond motifs is 1. The van der Waals surface area contributed by atoms with Crippen LogP contribution in [0.3, 0.4) is 0 Å². The summed E-state index contributed by atoms with van der Waals surface area (Å²) in [5.41, 5.74) is 0.960. The number of amides is 1. The predicted octanol–water partition coefficient (Wildman–Crippen LogP) is 2.65. The Balaban J connectivity index is 1.60. The fourth-order valence-electron chi connectivity index (χ4n) is 2.89. The van der Waals surface area contributed by atoms with Gasteiger partial charge in [0.05, 0.1) is 5.52 Å². The van der Waals surface area contributed by atoms with Gasteiger partial charge in [0, 0.05) is 18.5 Å². The molecule has 5 heteroatoms. The number of likely N-dealkylation sites (tertiary alicyclic amines) is 1. The Morgan fingerprint density at radius 2 is 2.09 bits per heavy atom. The van der Waals surface area contributed by atoms with E-state index in [-0.39, 0.29) is 18.2 Å². The minimum Gasteiger partial charge on any atom is -0.451 e. The van der Waals surface area contributed by atoms with Crippen LogP contribution in [0.1, 0.15) is 30.3 Å². The number of ether oxygens (including phenoxy) is 1. The smallest absolute Gasteiger partial charge is 0.357 e. The molecule has 0 aliphatic carbocycles. The van der Waals surface area contributed by atoms with Gasteiger partial charge in [-0.3, -0.25) is 4.79 Å². The second-order valence-electron chi connectivity index (χ2n) is 6.05. The molecule has 1 aromatic heterocycles. The lowest BCUT2D eigenvalue weighted by Crippen LogP contribution is -2.41. The van der Waals surface area contributed by atoms with E-state index in [1.807, 2.05) is 30.3 Å². The van der Waals surface area contributed by atoms with Crippen molar-refractivity contribution in [1.29, 1.82) is 0 Å². The van der Waals surface area contributed by atoms with Crippen LogP contribution >= 0.6 is 0 Å². The molecule has 0 radical (unpaired) electrons. The summed E-state index contributed by atoms with van der Waals surface area (Å²) in [6.07, 6.45) is 2.15. The molecular formula is C18H20N2O3. The molecule has 1 atom stereocenters. The van der Waals surface area contributed by atoms with E-state index in [0.717, 1.165) is 36.8 Å². The Hall–Kier alpha value is -2.43. The molecule has 1 aliphatic heterocycles. The maximum atomic E-state index is 12.1. The number of rotatable bonds is 3. The summed E-state index contributed by atoms with van der Waals surface area (Å²) >= 11 is 0. The van der Waals surface area contributed by atoms with Crippen molar-refractivity contribution in [3.05, 3.63) is 42.1 Å². The van der Waals surface area contributed by atoms with Crippen molar-refractivity contribution in [3.8, 4) is 0 Å². The Labute approximate surface area is 135 Å². The molecule has 1 amide bonds. The van der Waals surface area contributed by atoms with Crippen LogP contribution in [-0.4, -0.2) is 41.5 Å². The molecule has 23 heavy (non-hydrogen) atoms. The van der Waals surface area contributed by atoms with Gasteiger partial charge in [0.2, 0.25) is 0 Å². The van der Waals surface area contributed by atoms with E-state index in [4.69, 9.17) is 4.74 Å². The summed E-state index contributed by atoms with van der Waals surface area (Å²) in [7, 11) is 0. The van der Waals surface area contributed by atoms with E-state index in [9.17, 15) is 9.59 Å². The third-order valence-electron chi connectivity index (χ3n) is 4.14. The summed E-state index contributed by atoms with van der Waals surface area (Å²) in [6, 6.07) is 11.0. The standard InChI is InChI=1S/C18H20N2O3/c1-13-5-4-10-20(11-13)17(21)12-23-18(22)16-9-8-14-6-2-3-7-15(14)19-16/h2-3,6-9,13H,4-5,10-12H2,1H3/t13-/m0/s1. The average molecular weight is 312 g/mol. The number of aromatic nitrogens is 1. The number of esters is 1. The van der Waals surface area contributed by atoms with Gasteiger partial charge in [-0.25, -0.2) is 9.78 Å². The van der Waals surface area contributed by atoms with Crippen LogP contribution in [0.4, 0.5) is 0 Å². The van der Waals surface area contributed by atoms with E-state index in [1.54, 1.807) is 11.0 Å². The van der Waals surface area contributed by atoms with E-state index < -0.39 is 5.97 Å². The van der Waals surface area contributed by atoms with Gasteiger partial charge in [-0.05, 0) is 30.9 Å². The summed E-state index contributed by atoms with van der Waals surface area (Å²) in [5.74, 6) is -0.189. The molecule has 0 spiro atoms. The molecule has 0 N–H and O–H groups in total. The van der Waals surface area contributed by atoms with E-state index in [2.05, 4.69) is 11.9 Å². The Bertz CT molecular complexity index is 729. The molecule has 2 aromatic rings. The minimum atomic E-state index is -0.561. The summed E-state index contributed by atoms with van der Waals surface area (Å²) in [6.45, 7) is 3.39. The lowest BCUT2D eigenvalue weighted by Gasteiger charge is -2.30. The number of piperidine rings is 1. The van der Waals surface area contributed by atoms with Crippen LogP contribution in [0.15, 0.2) is 36.4 Å². The molecular weight excluding hydrogens is 292 g/mol. The zero-order valence-electron chi connectivity index (χ0n) is 13.2. The van der Waals surface area contributed by atoms with Crippen molar-refractivity contribution in [3.63, 3.8) is 0 Å². The van der Waals surface area contributed by atoms with Crippen molar-refractivity contribution < 1.29 is 14.3 Å². The number of nitrogens with zero attached hydrogens (tertiary/aromatic N) is 2. The summed E-state index contributed by atoms with van der Waals surface area (Å²) in [4.78, 5) is 30.3. The quantitative estimate of drug-likeness (QED) is 0.818. The number of hydrogen-bond acceptors (Lipinski definition) is 4. The number of benzene rings is 1. The second kappa shape index (κ2) is 6.77. The highest BCUT2D eigenvalue weighted by Gasteiger charge is 2.22. The first-order valence-electron chi connectivity index (χ1n) is 7.94. The van der Waals surface area contributed by atoms with Gasteiger partial charge in [-0.15, -0.1) is 0 Å². The van der Waals surface area contributed by atoms with E-state index in [0.29, 0.717) is 5.92 Å². The third kappa shape index (κ3) is 3.67. The minimum absolute atomic E-state index is 0.134. The molecule has 3 rings (SSSR count). The highest BCUT2D eigenvalue weighted by molar-refractivity contribution is 5.92. The van der Waals surface area contributed by atoms with Crippen molar-refractivity contribution in [2.45, 2.75) is 19.8 Å². The lowest BCUT2D eigenvalue weighted by molar-refractivity contribution is -0.136. The van der Waals surface area contributed by atoms with Crippen molar-refractivity contribution in [2.75, 3.05) is 19.7 Å². The van der Waals surface area contributed by atoms with Crippen LogP contribution in [0, 0.1) is 5.92 Å². The van der Waals surface area contributed by atoms with Crippen molar-refractivity contribution >= 4 is 22.8 Å². The summed E-state index contributed by atoms with van der Waals surface area (Å²) in [5, 5.41) is 0.961. The van der Waals surface area contributed by atoms with Gasteiger partial charge >= 0.3 is 5.97 Å². The fraction of sp³-hybridized carbons (Fsp3) is 0.389.